The summed E-state index contributed by atoms with van der Waals surface area (Å²) in [7, 11) is 1.47. The van der Waals surface area contributed by atoms with Gasteiger partial charge in [-0.2, -0.15) is 0 Å². The number of thiophene rings is 1. The summed E-state index contributed by atoms with van der Waals surface area (Å²) in [6.07, 6.45) is 0.186. The zero-order chi connectivity index (χ0) is 17.8. The highest BCUT2D eigenvalue weighted by atomic mass is 35.5. The minimum Gasteiger partial charge on any atom is -0.504 e. The third-order valence-electron chi connectivity index (χ3n) is 3.61. The number of carbonyl (C=O) groups is 1. The van der Waals surface area contributed by atoms with Gasteiger partial charge in [-0.3, -0.25) is 4.79 Å². The molecule has 128 valence electrons. The van der Waals surface area contributed by atoms with Crippen LogP contribution in [-0.2, 0) is 11.2 Å². The molecule has 0 saturated heterocycles. The molecule has 0 fully saturated rings. The number of ether oxygens (including phenoxy) is 1. The Labute approximate surface area is 154 Å². The molecule has 2 aromatic carbocycles. The molecule has 1 amide bonds. The molecule has 2 N–H and O–H groups in total. The molecular weight excluding hydrogens is 358 g/mol. The van der Waals surface area contributed by atoms with Gasteiger partial charge in [0.15, 0.2) is 11.5 Å². The second-order valence-electron chi connectivity index (χ2n) is 5.42. The molecule has 1 heterocycles. The third kappa shape index (κ3) is 4.32. The molecule has 3 aromatic rings. The number of aromatic hydroxyl groups is 1. The molecule has 0 aliphatic rings. The Bertz CT molecular complexity index is 907. The van der Waals surface area contributed by atoms with Crippen molar-refractivity contribution < 1.29 is 14.6 Å². The van der Waals surface area contributed by atoms with Gasteiger partial charge in [-0.1, -0.05) is 29.8 Å². The summed E-state index contributed by atoms with van der Waals surface area (Å²) in [6.45, 7) is 0. The van der Waals surface area contributed by atoms with Crippen LogP contribution in [0.2, 0.25) is 4.34 Å². The number of rotatable bonds is 5. The van der Waals surface area contributed by atoms with Crippen LogP contribution in [0.5, 0.6) is 11.5 Å². The van der Waals surface area contributed by atoms with Crippen molar-refractivity contribution in [1.29, 1.82) is 0 Å². The summed E-state index contributed by atoms with van der Waals surface area (Å²) in [5.74, 6) is 0.255. The van der Waals surface area contributed by atoms with Crippen LogP contribution in [0.3, 0.4) is 0 Å². The fraction of sp³-hybridized carbons (Fsp3) is 0.105. The number of hydrogen-bond donors (Lipinski definition) is 2. The lowest BCUT2D eigenvalue weighted by molar-refractivity contribution is -0.115. The van der Waals surface area contributed by atoms with Crippen LogP contribution in [0, 0.1) is 0 Å². The third-order valence-corrected chi connectivity index (χ3v) is 4.89. The molecule has 4 nitrogen and oxygen atoms in total. The van der Waals surface area contributed by atoms with E-state index in [1.807, 2.05) is 36.4 Å². The van der Waals surface area contributed by atoms with Gasteiger partial charge >= 0.3 is 0 Å². The molecular formula is C19H16ClNO3S. The van der Waals surface area contributed by atoms with E-state index in [9.17, 15) is 9.90 Å². The number of nitrogens with one attached hydrogen (secondary N) is 1. The highest BCUT2D eigenvalue weighted by Crippen LogP contribution is 2.32. The van der Waals surface area contributed by atoms with Gasteiger partial charge in [-0.25, -0.2) is 0 Å². The Hall–Kier alpha value is -2.50. The predicted molar refractivity (Wildman–Crippen MR) is 102 cm³/mol. The first-order valence-electron chi connectivity index (χ1n) is 7.56. The lowest BCUT2D eigenvalue weighted by Gasteiger charge is -2.09. The van der Waals surface area contributed by atoms with Crippen molar-refractivity contribution in [2.24, 2.45) is 0 Å². The lowest BCUT2D eigenvalue weighted by Crippen LogP contribution is -2.14. The summed E-state index contributed by atoms with van der Waals surface area (Å²) >= 11 is 7.47. The van der Waals surface area contributed by atoms with Gasteiger partial charge in [0.05, 0.1) is 17.9 Å². The van der Waals surface area contributed by atoms with E-state index in [1.165, 1.54) is 24.5 Å². The molecule has 0 spiro atoms. The summed E-state index contributed by atoms with van der Waals surface area (Å²) in [5, 5.41) is 12.5. The van der Waals surface area contributed by atoms with Crippen LogP contribution in [-0.4, -0.2) is 18.1 Å². The van der Waals surface area contributed by atoms with Gasteiger partial charge in [0, 0.05) is 10.6 Å². The number of anilines is 1. The molecule has 0 atom stereocenters. The van der Waals surface area contributed by atoms with Crippen molar-refractivity contribution in [3.8, 4) is 21.9 Å². The molecule has 0 saturated carbocycles. The topological polar surface area (TPSA) is 58.6 Å². The van der Waals surface area contributed by atoms with E-state index in [0.717, 1.165) is 26.0 Å². The average molecular weight is 374 g/mol. The van der Waals surface area contributed by atoms with Gasteiger partial charge in [-0.05, 0) is 47.5 Å². The van der Waals surface area contributed by atoms with Crippen molar-refractivity contribution >= 4 is 34.5 Å². The lowest BCUT2D eigenvalue weighted by atomic mass is 10.1. The number of phenols is 1. The monoisotopic (exact) mass is 373 g/mol. The Morgan fingerprint density at radius 3 is 2.76 bits per heavy atom. The van der Waals surface area contributed by atoms with Gasteiger partial charge in [-0.15, -0.1) is 11.3 Å². The molecule has 0 unspecified atom stereocenters. The highest BCUT2D eigenvalue weighted by Gasteiger charge is 2.09. The fourth-order valence-electron chi connectivity index (χ4n) is 2.44. The van der Waals surface area contributed by atoms with E-state index < -0.39 is 0 Å². The Kier molecular flexibility index (Phi) is 5.26. The SMILES string of the molecule is COc1cc(CC(=O)Nc2cccc(-c3ccc(Cl)s3)c2)ccc1O. The number of phenolic OH excluding ortho intramolecular Hbond substituents is 1. The van der Waals surface area contributed by atoms with Crippen molar-refractivity contribution in [3.05, 3.63) is 64.5 Å². The zero-order valence-electron chi connectivity index (χ0n) is 13.5. The van der Waals surface area contributed by atoms with Crippen LogP contribution in [0.4, 0.5) is 5.69 Å². The summed E-state index contributed by atoms with van der Waals surface area (Å²) in [4.78, 5) is 13.3. The number of benzene rings is 2. The smallest absolute Gasteiger partial charge is 0.228 e. The second kappa shape index (κ2) is 7.59. The molecule has 1 aromatic heterocycles. The second-order valence-corrected chi connectivity index (χ2v) is 7.13. The van der Waals surface area contributed by atoms with Gasteiger partial charge in [0.25, 0.3) is 0 Å². The van der Waals surface area contributed by atoms with Crippen molar-refractivity contribution in [1.82, 2.24) is 0 Å². The fourth-order valence-corrected chi connectivity index (χ4v) is 3.48. The zero-order valence-corrected chi connectivity index (χ0v) is 15.0. The average Bonchev–Trinajstić information content (AvgIpc) is 3.03. The summed E-state index contributed by atoms with van der Waals surface area (Å²) in [6, 6.07) is 16.3. The number of methoxy groups -OCH3 is 1. The molecule has 0 bridgehead atoms. The van der Waals surface area contributed by atoms with E-state index in [4.69, 9.17) is 16.3 Å². The van der Waals surface area contributed by atoms with Crippen LogP contribution in [0.25, 0.3) is 10.4 Å². The number of halogens is 1. The number of amides is 1. The molecule has 25 heavy (non-hydrogen) atoms. The van der Waals surface area contributed by atoms with Crippen LogP contribution in [0.15, 0.2) is 54.6 Å². The molecule has 0 radical (unpaired) electrons. The maximum absolute atomic E-state index is 12.3. The van der Waals surface area contributed by atoms with E-state index in [-0.39, 0.29) is 18.1 Å². The van der Waals surface area contributed by atoms with Crippen LogP contribution < -0.4 is 10.1 Å². The van der Waals surface area contributed by atoms with Crippen molar-refractivity contribution in [2.45, 2.75) is 6.42 Å². The van der Waals surface area contributed by atoms with Gasteiger partial charge in [0.2, 0.25) is 5.91 Å². The molecule has 0 aliphatic carbocycles. The maximum atomic E-state index is 12.3. The Morgan fingerprint density at radius 1 is 1.20 bits per heavy atom. The molecule has 0 aliphatic heterocycles. The van der Waals surface area contributed by atoms with Crippen LogP contribution in [0.1, 0.15) is 5.56 Å². The Balaban J connectivity index is 1.71. The maximum Gasteiger partial charge on any atom is 0.228 e. The number of hydrogen-bond acceptors (Lipinski definition) is 4. The van der Waals surface area contributed by atoms with Gasteiger partial charge < -0.3 is 15.2 Å². The first-order chi connectivity index (χ1) is 12.0. The summed E-state index contributed by atoms with van der Waals surface area (Å²) < 4.78 is 5.79. The first-order valence-corrected chi connectivity index (χ1v) is 8.76. The quantitative estimate of drug-likeness (QED) is 0.664. The van der Waals surface area contributed by atoms with E-state index >= 15 is 0 Å². The van der Waals surface area contributed by atoms with Crippen molar-refractivity contribution in [3.63, 3.8) is 0 Å². The minimum absolute atomic E-state index is 0.0500. The van der Waals surface area contributed by atoms with E-state index in [1.54, 1.807) is 12.1 Å². The minimum atomic E-state index is -0.144. The van der Waals surface area contributed by atoms with Crippen molar-refractivity contribution in [2.75, 3.05) is 12.4 Å². The van der Waals surface area contributed by atoms with Gasteiger partial charge in [0.1, 0.15) is 0 Å². The standard InChI is InChI=1S/C19H16ClNO3S/c1-24-16-9-12(5-6-15(16)22)10-19(23)21-14-4-2-3-13(11-14)17-7-8-18(20)25-17/h2-9,11,22H,10H2,1H3,(H,21,23). The Morgan fingerprint density at radius 2 is 2.04 bits per heavy atom. The summed E-state index contributed by atoms with van der Waals surface area (Å²) in [5.41, 5.74) is 2.48. The molecule has 6 heteroatoms. The molecule has 3 rings (SSSR count). The van der Waals surface area contributed by atoms with E-state index in [2.05, 4.69) is 5.32 Å². The number of carbonyl (C=O) groups excluding carboxylic acids is 1. The van der Waals surface area contributed by atoms with E-state index in [0.29, 0.717) is 5.75 Å². The largest absolute Gasteiger partial charge is 0.504 e. The normalized spacial score (nSPS) is 10.5. The first kappa shape index (κ1) is 17.3. The van der Waals surface area contributed by atoms with Crippen LogP contribution >= 0.6 is 22.9 Å². The highest BCUT2D eigenvalue weighted by molar-refractivity contribution is 7.19. The predicted octanol–water partition coefficient (Wildman–Crippen LogP) is 4.96.